The number of morpholine rings is 1. The van der Waals surface area contributed by atoms with Gasteiger partial charge in [-0.15, -0.1) is 11.3 Å². The summed E-state index contributed by atoms with van der Waals surface area (Å²) in [6, 6.07) is 13.6. The first-order valence-corrected chi connectivity index (χ1v) is 10.6. The van der Waals surface area contributed by atoms with E-state index < -0.39 is 0 Å². The lowest BCUT2D eigenvalue weighted by atomic mass is 10.1. The molecule has 0 aliphatic carbocycles. The molecule has 2 aliphatic rings. The maximum absolute atomic E-state index is 12.9. The number of para-hydroxylation sites is 1. The lowest BCUT2D eigenvalue weighted by Gasteiger charge is -2.26. The first-order valence-electron chi connectivity index (χ1n) is 9.78. The number of amides is 1. The van der Waals surface area contributed by atoms with Gasteiger partial charge in [-0.25, -0.2) is 4.98 Å². The average Bonchev–Trinajstić information content (AvgIpc) is 3.22. The Bertz CT molecular complexity index is 1080. The van der Waals surface area contributed by atoms with E-state index in [4.69, 9.17) is 14.2 Å². The summed E-state index contributed by atoms with van der Waals surface area (Å²) in [6.45, 7) is 3.01. The smallest absolute Gasteiger partial charge is 0.264 e. The summed E-state index contributed by atoms with van der Waals surface area (Å²) < 4.78 is 17.0. The number of pyridine rings is 1. The Morgan fingerprint density at radius 3 is 2.83 bits per heavy atom. The summed E-state index contributed by atoms with van der Waals surface area (Å²) in [4.78, 5) is 22.0. The Balaban J connectivity index is 1.52. The molecule has 3 aromatic rings. The Morgan fingerprint density at radius 1 is 1.13 bits per heavy atom. The van der Waals surface area contributed by atoms with Gasteiger partial charge in [-0.3, -0.25) is 4.79 Å². The van der Waals surface area contributed by atoms with E-state index in [1.807, 2.05) is 47.4 Å². The summed E-state index contributed by atoms with van der Waals surface area (Å²) in [5, 5.41) is 0.958. The molecule has 2 aromatic heterocycles. The number of thiophene rings is 1. The van der Waals surface area contributed by atoms with Gasteiger partial charge in [0.05, 0.1) is 36.7 Å². The molecule has 0 unspecified atom stereocenters. The number of ether oxygens (including phenoxy) is 3. The summed E-state index contributed by atoms with van der Waals surface area (Å²) in [7, 11) is 1.63. The molecule has 4 heterocycles. The third-order valence-electron chi connectivity index (χ3n) is 5.22. The van der Waals surface area contributed by atoms with Crippen LogP contribution in [0.15, 0.2) is 48.7 Å². The minimum Gasteiger partial charge on any atom is -0.493 e. The molecule has 1 amide bonds. The van der Waals surface area contributed by atoms with Crippen molar-refractivity contribution in [3.05, 3.63) is 59.1 Å². The monoisotopic (exact) mass is 423 g/mol. The van der Waals surface area contributed by atoms with Crippen LogP contribution in [-0.4, -0.2) is 49.2 Å². The fourth-order valence-electron chi connectivity index (χ4n) is 3.69. The second-order valence-corrected chi connectivity index (χ2v) is 8.07. The molecule has 154 valence electrons. The first-order chi connectivity index (χ1) is 14.7. The van der Waals surface area contributed by atoms with Gasteiger partial charge in [0.15, 0.2) is 11.5 Å². The van der Waals surface area contributed by atoms with E-state index in [1.54, 1.807) is 13.3 Å². The molecule has 2 aliphatic heterocycles. The number of nitrogens with zero attached hydrogens (tertiary/aromatic N) is 3. The zero-order chi connectivity index (χ0) is 20.5. The van der Waals surface area contributed by atoms with Crippen LogP contribution in [0, 0.1) is 0 Å². The van der Waals surface area contributed by atoms with Crippen molar-refractivity contribution in [2.45, 2.75) is 6.54 Å². The van der Waals surface area contributed by atoms with E-state index in [2.05, 4.69) is 9.88 Å². The normalized spacial score (nSPS) is 15.6. The van der Waals surface area contributed by atoms with Gasteiger partial charge in [-0.2, -0.15) is 0 Å². The number of aromatic nitrogens is 1. The lowest BCUT2D eigenvalue weighted by molar-refractivity contribution is 0.0306. The number of benzene rings is 1. The lowest BCUT2D eigenvalue weighted by Crippen LogP contribution is -2.40. The predicted octanol–water partition coefficient (Wildman–Crippen LogP) is 4.07. The van der Waals surface area contributed by atoms with Crippen LogP contribution in [0.5, 0.6) is 17.4 Å². The van der Waals surface area contributed by atoms with Crippen LogP contribution >= 0.6 is 11.3 Å². The number of fused-ring (bicyclic) bond motifs is 2. The minimum atomic E-state index is 0.0501. The van der Waals surface area contributed by atoms with Gasteiger partial charge in [0, 0.05) is 24.8 Å². The van der Waals surface area contributed by atoms with Crippen molar-refractivity contribution in [3.63, 3.8) is 0 Å². The molecule has 1 fully saturated rings. The SMILES string of the molecule is COc1cccc2c1Oc1ncccc1N(c1ccc(C(=O)N3CCOCC3)s1)C2. The molecule has 5 rings (SSSR count). The van der Waals surface area contributed by atoms with Crippen molar-refractivity contribution in [3.8, 4) is 17.4 Å². The molecule has 7 nitrogen and oxygen atoms in total. The van der Waals surface area contributed by atoms with Crippen LogP contribution in [0.4, 0.5) is 10.7 Å². The number of methoxy groups -OCH3 is 1. The van der Waals surface area contributed by atoms with E-state index in [-0.39, 0.29) is 5.91 Å². The maximum atomic E-state index is 12.9. The van der Waals surface area contributed by atoms with Crippen LogP contribution < -0.4 is 14.4 Å². The molecular formula is C22H21N3O4S. The summed E-state index contributed by atoms with van der Waals surface area (Å²) in [5.41, 5.74) is 1.84. The quantitative estimate of drug-likeness (QED) is 0.633. The van der Waals surface area contributed by atoms with Crippen LogP contribution in [0.3, 0.4) is 0 Å². The van der Waals surface area contributed by atoms with Crippen molar-refractivity contribution in [2.75, 3.05) is 38.3 Å². The van der Waals surface area contributed by atoms with Crippen molar-refractivity contribution < 1.29 is 19.0 Å². The molecule has 0 N–H and O–H groups in total. The number of hydrogen-bond acceptors (Lipinski definition) is 7. The maximum Gasteiger partial charge on any atom is 0.264 e. The van der Waals surface area contributed by atoms with Crippen molar-refractivity contribution >= 4 is 27.9 Å². The van der Waals surface area contributed by atoms with E-state index in [9.17, 15) is 4.79 Å². The molecule has 1 saturated heterocycles. The Labute approximate surface area is 178 Å². The molecule has 1 aromatic carbocycles. The molecular weight excluding hydrogens is 402 g/mol. The van der Waals surface area contributed by atoms with E-state index in [0.717, 1.165) is 16.3 Å². The summed E-state index contributed by atoms with van der Waals surface area (Å²) >= 11 is 1.48. The highest BCUT2D eigenvalue weighted by molar-refractivity contribution is 7.18. The van der Waals surface area contributed by atoms with Crippen LogP contribution in [0.25, 0.3) is 0 Å². The fourth-order valence-corrected chi connectivity index (χ4v) is 4.67. The van der Waals surface area contributed by atoms with Gasteiger partial charge < -0.3 is 24.0 Å². The van der Waals surface area contributed by atoms with Gasteiger partial charge in [-0.1, -0.05) is 12.1 Å². The highest BCUT2D eigenvalue weighted by atomic mass is 32.1. The number of carbonyl (C=O) groups is 1. The predicted molar refractivity (Wildman–Crippen MR) is 114 cm³/mol. The molecule has 8 heteroatoms. The third kappa shape index (κ3) is 3.38. The Morgan fingerprint density at radius 2 is 2.00 bits per heavy atom. The highest BCUT2D eigenvalue weighted by Gasteiger charge is 2.27. The summed E-state index contributed by atoms with van der Waals surface area (Å²) in [5.74, 6) is 1.90. The van der Waals surface area contributed by atoms with Crippen molar-refractivity contribution in [2.24, 2.45) is 0 Å². The fraction of sp³-hybridized carbons (Fsp3) is 0.273. The van der Waals surface area contributed by atoms with E-state index in [1.165, 1.54) is 11.3 Å². The first kappa shape index (κ1) is 18.9. The van der Waals surface area contributed by atoms with Gasteiger partial charge in [0.2, 0.25) is 5.88 Å². The standard InChI is InChI=1S/C22H21N3O4S/c1-27-17-6-2-4-15-14-25(16-5-3-9-23-21(16)29-20(15)17)19-8-7-18(30-19)22(26)24-10-12-28-13-11-24/h2-9H,10-14H2,1H3. The topological polar surface area (TPSA) is 64.1 Å². The van der Waals surface area contributed by atoms with Gasteiger partial charge >= 0.3 is 0 Å². The second-order valence-electron chi connectivity index (χ2n) is 7.01. The van der Waals surface area contributed by atoms with E-state index >= 15 is 0 Å². The zero-order valence-corrected chi connectivity index (χ0v) is 17.4. The Hall–Kier alpha value is -3.10. The van der Waals surface area contributed by atoms with Gasteiger partial charge in [0.1, 0.15) is 5.69 Å². The Kier molecular flexibility index (Phi) is 5.02. The number of rotatable bonds is 3. The van der Waals surface area contributed by atoms with Crippen LogP contribution in [0.2, 0.25) is 0 Å². The number of hydrogen-bond donors (Lipinski definition) is 0. The van der Waals surface area contributed by atoms with Crippen molar-refractivity contribution in [1.82, 2.24) is 9.88 Å². The molecule has 0 saturated carbocycles. The van der Waals surface area contributed by atoms with Gasteiger partial charge in [0.25, 0.3) is 5.91 Å². The second kappa shape index (κ2) is 7.97. The molecule has 30 heavy (non-hydrogen) atoms. The molecule has 0 atom stereocenters. The third-order valence-corrected chi connectivity index (χ3v) is 6.31. The largest absolute Gasteiger partial charge is 0.493 e. The number of carbonyl (C=O) groups excluding carboxylic acids is 1. The number of anilines is 2. The van der Waals surface area contributed by atoms with Gasteiger partial charge in [-0.05, 0) is 30.3 Å². The minimum absolute atomic E-state index is 0.0501. The molecule has 0 radical (unpaired) electrons. The summed E-state index contributed by atoms with van der Waals surface area (Å²) in [6.07, 6.45) is 1.71. The highest BCUT2D eigenvalue weighted by Crippen LogP contribution is 2.46. The van der Waals surface area contributed by atoms with E-state index in [0.29, 0.717) is 55.1 Å². The van der Waals surface area contributed by atoms with Crippen LogP contribution in [0.1, 0.15) is 15.2 Å². The molecule has 0 spiro atoms. The molecule has 0 bridgehead atoms. The van der Waals surface area contributed by atoms with Crippen molar-refractivity contribution in [1.29, 1.82) is 0 Å². The van der Waals surface area contributed by atoms with Crippen LogP contribution in [-0.2, 0) is 11.3 Å². The zero-order valence-electron chi connectivity index (χ0n) is 16.5. The average molecular weight is 423 g/mol.